The van der Waals surface area contributed by atoms with Gasteiger partial charge < -0.3 is 10.0 Å². The minimum Gasteiger partial charge on any atom is -0.396 e. The molecule has 1 aliphatic carbocycles. The summed E-state index contributed by atoms with van der Waals surface area (Å²) in [6, 6.07) is 0.884. The fraction of sp³-hybridized carbons (Fsp3) is 1.00. The van der Waals surface area contributed by atoms with Gasteiger partial charge in [-0.05, 0) is 50.6 Å². The van der Waals surface area contributed by atoms with E-state index in [-0.39, 0.29) is 0 Å². The van der Waals surface area contributed by atoms with Crippen LogP contribution in [0.2, 0.25) is 0 Å². The van der Waals surface area contributed by atoms with Crippen LogP contribution in [-0.2, 0) is 0 Å². The maximum absolute atomic E-state index is 9.01. The molecule has 2 nitrogen and oxygen atoms in total. The first-order valence-electron chi connectivity index (χ1n) is 5.64. The standard InChI is InChI=1S/C11H21NO/c1-9-6-11(7-9)12-4-2-10(8-13)3-5-12/h9-11,13H,2-8H2,1H3. The SMILES string of the molecule is CC1CC(N2CCC(CO)CC2)C1. The molecule has 2 rings (SSSR count). The van der Waals surface area contributed by atoms with E-state index in [0.29, 0.717) is 12.5 Å². The molecule has 1 saturated carbocycles. The number of likely N-dealkylation sites (tertiary alicyclic amines) is 1. The Balaban J connectivity index is 1.72. The zero-order chi connectivity index (χ0) is 9.26. The molecule has 13 heavy (non-hydrogen) atoms. The maximum atomic E-state index is 9.01. The van der Waals surface area contributed by atoms with Gasteiger partial charge in [-0.25, -0.2) is 0 Å². The Morgan fingerprint density at radius 3 is 2.31 bits per heavy atom. The lowest BCUT2D eigenvalue weighted by Gasteiger charge is -2.44. The molecule has 0 aromatic carbocycles. The largest absolute Gasteiger partial charge is 0.396 e. The summed E-state index contributed by atoms with van der Waals surface area (Å²) >= 11 is 0. The van der Waals surface area contributed by atoms with E-state index in [9.17, 15) is 0 Å². The summed E-state index contributed by atoms with van der Waals surface area (Å²) in [6.07, 6.45) is 5.23. The molecule has 1 N–H and O–H groups in total. The highest BCUT2D eigenvalue weighted by atomic mass is 16.3. The number of rotatable bonds is 2. The number of nitrogens with zero attached hydrogens (tertiary/aromatic N) is 1. The van der Waals surface area contributed by atoms with Crippen LogP contribution in [0.3, 0.4) is 0 Å². The summed E-state index contributed by atoms with van der Waals surface area (Å²) in [5.74, 6) is 1.55. The molecule has 2 fully saturated rings. The van der Waals surface area contributed by atoms with Crippen LogP contribution in [0.25, 0.3) is 0 Å². The predicted molar refractivity (Wildman–Crippen MR) is 53.6 cm³/mol. The molecule has 0 aromatic rings. The van der Waals surface area contributed by atoms with Crippen molar-refractivity contribution in [3.63, 3.8) is 0 Å². The number of aliphatic hydroxyl groups excluding tert-OH is 1. The van der Waals surface area contributed by atoms with Gasteiger partial charge in [0.25, 0.3) is 0 Å². The second-order valence-electron chi connectivity index (χ2n) is 4.89. The summed E-state index contributed by atoms with van der Waals surface area (Å²) in [4.78, 5) is 2.63. The average molecular weight is 183 g/mol. The van der Waals surface area contributed by atoms with Gasteiger partial charge in [0.15, 0.2) is 0 Å². The van der Waals surface area contributed by atoms with E-state index in [0.717, 1.165) is 12.0 Å². The van der Waals surface area contributed by atoms with Crippen LogP contribution in [0.15, 0.2) is 0 Å². The molecule has 1 saturated heterocycles. The lowest BCUT2D eigenvalue weighted by Crippen LogP contribution is -2.47. The van der Waals surface area contributed by atoms with E-state index in [1.807, 2.05) is 0 Å². The van der Waals surface area contributed by atoms with Crippen LogP contribution in [0.5, 0.6) is 0 Å². The smallest absolute Gasteiger partial charge is 0.0460 e. The normalized spacial score (nSPS) is 37.4. The van der Waals surface area contributed by atoms with E-state index in [1.54, 1.807) is 0 Å². The Morgan fingerprint density at radius 2 is 1.85 bits per heavy atom. The maximum Gasteiger partial charge on any atom is 0.0460 e. The third-order valence-corrected chi connectivity index (χ3v) is 3.77. The van der Waals surface area contributed by atoms with Crippen molar-refractivity contribution >= 4 is 0 Å². The van der Waals surface area contributed by atoms with Gasteiger partial charge >= 0.3 is 0 Å². The molecule has 76 valence electrons. The van der Waals surface area contributed by atoms with Gasteiger partial charge in [-0.15, -0.1) is 0 Å². The highest BCUT2D eigenvalue weighted by Gasteiger charge is 2.32. The van der Waals surface area contributed by atoms with Crippen molar-refractivity contribution in [1.82, 2.24) is 4.90 Å². The fourth-order valence-electron chi connectivity index (χ4n) is 2.66. The molecule has 1 aliphatic heterocycles. The van der Waals surface area contributed by atoms with Crippen molar-refractivity contribution in [2.24, 2.45) is 11.8 Å². The molecule has 1 heterocycles. The monoisotopic (exact) mass is 183 g/mol. The molecule has 2 aliphatic rings. The van der Waals surface area contributed by atoms with Crippen molar-refractivity contribution in [3.05, 3.63) is 0 Å². The van der Waals surface area contributed by atoms with Gasteiger partial charge in [0.05, 0.1) is 0 Å². The Hall–Kier alpha value is -0.0800. The Morgan fingerprint density at radius 1 is 1.23 bits per heavy atom. The highest BCUT2D eigenvalue weighted by Crippen LogP contribution is 2.33. The molecule has 0 amide bonds. The van der Waals surface area contributed by atoms with Crippen molar-refractivity contribution in [2.45, 2.75) is 38.6 Å². The molecule has 0 radical (unpaired) electrons. The van der Waals surface area contributed by atoms with Gasteiger partial charge in [-0.3, -0.25) is 0 Å². The molecular weight excluding hydrogens is 162 g/mol. The zero-order valence-electron chi connectivity index (χ0n) is 8.58. The first-order valence-corrected chi connectivity index (χ1v) is 5.64. The summed E-state index contributed by atoms with van der Waals surface area (Å²) in [7, 11) is 0. The van der Waals surface area contributed by atoms with Gasteiger partial charge in [0, 0.05) is 12.6 Å². The summed E-state index contributed by atoms with van der Waals surface area (Å²) < 4.78 is 0. The van der Waals surface area contributed by atoms with Crippen molar-refractivity contribution < 1.29 is 5.11 Å². The van der Waals surface area contributed by atoms with E-state index in [4.69, 9.17) is 5.11 Å². The fourth-order valence-corrected chi connectivity index (χ4v) is 2.66. The first kappa shape index (κ1) is 9.47. The van der Waals surface area contributed by atoms with Crippen molar-refractivity contribution in [1.29, 1.82) is 0 Å². The Bertz CT molecular complexity index is 157. The quantitative estimate of drug-likeness (QED) is 0.701. The average Bonchev–Trinajstić information content (AvgIpc) is 2.13. The van der Waals surface area contributed by atoms with Crippen molar-refractivity contribution in [2.75, 3.05) is 19.7 Å². The second kappa shape index (κ2) is 3.97. The minimum absolute atomic E-state index is 0.398. The van der Waals surface area contributed by atoms with Crippen LogP contribution >= 0.6 is 0 Å². The van der Waals surface area contributed by atoms with Crippen molar-refractivity contribution in [3.8, 4) is 0 Å². The Labute approximate surface area is 80.9 Å². The van der Waals surface area contributed by atoms with Gasteiger partial charge in [0.2, 0.25) is 0 Å². The Kier molecular flexibility index (Phi) is 2.89. The molecule has 2 heteroatoms. The van der Waals surface area contributed by atoms with Gasteiger partial charge in [-0.1, -0.05) is 6.92 Å². The number of hydrogen-bond acceptors (Lipinski definition) is 2. The van der Waals surface area contributed by atoms with E-state index < -0.39 is 0 Å². The van der Waals surface area contributed by atoms with Crippen LogP contribution in [0, 0.1) is 11.8 Å². The molecule has 0 aromatic heterocycles. The third kappa shape index (κ3) is 2.05. The van der Waals surface area contributed by atoms with Gasteiger partial charge in [-0.2, -0.15) is 0 Å². The summed E-state index contributed by atoms with van der Waals surface area (Å²) in [5.41, 5.74) is 0. The lowest BCUT2D eigenvalue weighted by atomic mass is 9.79. The molecule has 0 atom stereocenters. The number of hydrogen-bond donors (Lipinski definition) is 1. The molecule has 0 spiro atoms. The van der Waals surface area contributed by atoms with Crippen LogP contribution in [-0.4, -0.2) is 35.7 Å². The highest BCUT2D eigenvalue weighted by molar-refractivity contribution is 4.87. The second-order valence-corrected chi connectivity index (χ2v) is 4.89. The zero-order valence-corrected chi connectivity index (χ0v) is 8.58. The summed E-state index contributed by atoms with van der Waals surface area (Å²) in [5, 5.41) is 9.01. The van der Waals surface area contributed by atoms with E-state index >= 15 is 0 Å². The third-order valence-electron chi connectivity index (χ3n) is 3.77. The predicted octanol–water partition coefficient (Wildman–Crippen LogP) is 1.49. The van der Waals surface area contributed by atoms with Crippen LogP contribution in [0.1, 0.15) is 32.6 Å². The number of piperidine rings is 1. The first-order chi connectivity index (χ1) is 6.29. The lowest BCUT2D eigenvalue weighted by molar-refractivity contribution is 0.0429. The van der Waals surface area contributed by atoms with Gasteiger partial charge in [0.1, 0.15) is 0 Å². The topological polar surface area (TPSA) is 23.5 Å². The minimum atomic E-state index is 0.398. The molecule has 0 unspecified atom stereocenters. The number of aliphatic hydroxyl groups is 1. The van der Waals surface area contributed by atoms with E-state index in [2.05, 4.69) is 11.8 Å². The van der Waals surface area contributed by atoms with E-state index in [1.165, 1.54) is 38.8 Å². The summed E-state index contributed by atoms with van der Waals surface area (Å²) in [6.45, 7) is 5.19. The van der Waals surface area contributed by atoms with Crippen LogP contribution < -0.4 is 0 Å². The molecular formula is C11H21NO. The van der Waals surface area contributed by atoms with Crippen LogP contribution in [0.4, 0.5) is 0 Å². The molecule has 0 bridgehead atoms.